The Morgan fingerprint density at radius 3 is 2.38 bits per heavy atom. The van der Waals surface area contributed by atoms with E-state index < -0.39 is 33.7 Å². The second-order valence-electron chi connectivity index (χ2n) is 3.61. The fraction of sp³-hybridized carbons (Fsp3) is 0.857. The van der Waals surface area contributed by atoms with Gasteiger partial charge in [0.1, 0.15) is 9.84 Å². The Morgan fingerprint density at radius 2 is 2.15 bits per heavy atom. The van der Waals surface area contributed by atoms with Crippen LogP contribution in [0.1, 0.15) is 6.42 Å². The molecule has 0 bridgehead atoms. The molecule has 0 saturated heterocycles. The van der Waals surface area contributed by atoms with Crippen LogP contribution in [0.3, 0.4) is 0 Å². The van der Waals surface area contributed by atoms with Crippen LogP contribution in [-0.2, 0) is 14.6 Å². The minimum atomic E-state index is -3.15. The Bertz CT molecular complexity index is 320. The topological polar surface area (TPSA) is 91.7 Å². The highest BCUT2D eigenvalue weighted by Crippen LogP contribution is 2.52. The van der Waals surface area contributed by atoms with E-state index in [4.69, 9.17) is 10.2 Å². The lowest BCUT2D eigenvalue weighted by Gasteiger charge is -2.06. The fourth-order valence-electron chi connectivity index (χ4n) is 1.49. The molecule has 0 heterocycles. The summed E-state index contributed by atoms with van der Waals surface area (Å²) >= 11 is 0. The average molecular weight is 208 g/mol. The number of hydrogen-bond donors (Lipinski definition) is 2. The molecule has 0 aliphatic heterocycles. The maximum atomic E-state index is 10.8. The second kappa shape index (κ2) is 2.95. The third kappa shape index (κ3) is 2.00. The molecular weight excluding hydrogens is 196 g/mol. The third-order valence-electron chi connectivity index (χ3n) is 2.44. The predicted octanol–water partition coefficient (Wildman–Crippen LogP) is -0.886. The van der Waals surface area contributed by atoms with Crippen LogP contribution in [0.2, 0.25) is 0 Å². The molecule has 0 aromatic carbocycles. The molecule has 2 N–H and O–H groups in total. The monoisotopic (exact) mass is 208 g/mol. The summed E-state index contributed by atoms with van der Waals surface area (Å²) in [6.45, 7) is -0.484. The zero-order valence-corrected chi connectivity index (χ0v) is 8.04. The highest BCUT2D eigenvalue weighted by Gasteiger charge is 2.60. The molecule has 0 amide bonds. The number of carboxylic acid groups (broad SMARTS) is 1. The quantitative estimate of drug-likeness (QED) is 0.625. The first-order valence-corrected chi connectivity index (χ1v) is 5.90. The predicted molar refractivity (Wildman–Crippen MR) is 45.0 cm³/mol. The normalized spacial score (nSPS) is 32.9. The molecule has 1 aliphatic rings. The Labute approximate surface area is 76.3 Å². The van der Waals surface area contributed by atoms with E-state index in [1.165, 1.54) is 0 Å². The molecule has 76 valence electrons. The van der Waals surface area contributed by atoms with E-state index in [9.17, 15) is 13.2 Å². The maximum Gasteiger partial charge on any atom is 0.312 e. The molecule has 1 aliphatic carbocycles. The van der Waals surface area contributed by atoms with Crippen molar-refractivity contribution in [2.24, 2.45) is 11.3 Å². The molecule has 1 fully saturated rings. The smallest absolute Gasteiger partial charge is 0.312 e. The lowest BCUT2D eigenvalue weighted by Crippen LogP contribution is -2.24. The first-order chi connectivity index (χ1) is 5.82. The number of carbonyl (C=O) groups is 1. The number of hydrogen-bond acceptors (Lipinski definition) is 4. The minimum absolute atomic E-state index is 0.153. The van der Waals surface area contributed by atoms with E-state index in [0.29, 0.717) is 0 Å². The zero-order valence-electron chi connectivity index (χ0n) is 7.23. The van der Waals surface area contributed by atoms with E-state index in [2.05, 4.69) is 0 Å². The Kier molecular flexibility index (Phi) is 2.38. The highest BCUT2D eigenvalue weighted by molar-refractivity contribution is 7.90. The zero-order chi connectivity index (χ0) is 10.3. The van der Waals surface area contributed by atoms with Crippen molar-refractivity contribution in [2.45, 2.75) is 6.42 Å². The van der Waals surface area contributed by atoms with E-state index in [0.717, 1.165) is 6.26 Å². The van der Waals surface area contributed by atoms with Gasteiger partial charge < -0.3 is 10.2 Å². The maximum absolute atomic E-state index is 10.8. The van der Waals surface area contributed by atoms with Gasteiger partial charge in [-0.05, 0) is 12.3 Å². The number of sulfone groups is 1. The molecule has 5 nitrogen and oxygen atoms in total. The first kappa shape index (κ1) is 10.5. The van der Waals surface area contributed by atoms with Crippen LogP contribution in [-0.4, -0.2) is 43.2 Å². The van der Waals surface area contributed by atoms with E-state index >= 15 is 0 Å². The summed E-state index contributed by atoms with van der Waals surface area (Å²) in [6, 6.07) is 0. The van der Waals surface area contributed by atoms with Crippen molar-refractivity contribution >= 4 is 15.8 Å². The van der Waals surface area contributed by atoms with Gasteiger partial charge in [-0.2, -0.15) is 0 Å². The number of aliphatic hydroxyl groups excluding tert-OH is 1. The van der Waals surface area contributed by atoms with Crippen molar-refractivity contribution in [3.05, 3.63) is 0 Å². The summed E-state index contributed by atoms with van der Waals surface area (Å²) in [5.41, 5.74) is -1.19. The van der Waals surface area contributed by atoms with Gasteiger partial charge in [0.25, 0.3) is 0 Å². The van der Waals surface area contributed by atoms with E-state index in [1.54, 1.807) is 0 Å². The lowest BCUT2D eigenvalue weighted by atomic mass is 10.1. The molecule has 0 aromatic heterocycles. The van der Waals surface area contributed by atoms with Crippen LogP contribution in [0.5, 0.6) is 0 Å². The van der Waals surface area contributed by atoms with E-state index in [-0.39, 0.29) is 12.2 Å². The first-order valence-electron chi connectivity index (χ1n) is 3.84. The summed E-state index contributed by atoms with van der Waals surface area (Å²) in [4.78, 5) is 10.7. The number of aliphatic carboxylic acids is 1. The summed E-state index contributed by atoms with van der Waals surface area (Å²) < 4.78 is 21.7. The molecule has 0 unspecified atom stereocenters. The van der Waals surface area contributed by atoms with Gasteiger partial charge in [0, 0.05) is 6.26 Å². The third-order valence-corrected chi connectivity index (χ3v) is 3.45. The summed E-state index contributed by atoms with van der Waals surface area (Å²) in [5.74, 6) is -1.69. The van der Waals surface area contributed by atoms with Gasteiger partial charge in [0.05, 0.1) is 17.8 Å². The molecule has 6 heteroatoms. The van der Waals surface area contributed by atoms with Crippen molar-refractivity contribution in [1.29, 1.82) is 0 Å². The molecule has 0 radical (unpaired) electrons. The van der Waals surface area contributed by atoms with Gasteiger partial charge in [-0.1, -0.05) is 0 Å². The van der Waals surface area contributed by atoms with Crippen molar-refractivity contribution < 1.29 is 23.4 Å². The van der Waals surface area contributed by atoms with Crippen LogP contribution < -0.4 is 0 Å². The molecule has 1 rings (SSSR count). The fourth-order valence-corrected chi connectivity index (χ4v) is 2.66. The van der Waals surface area contributed by atoms with Crippen LogP contribution in [0, 0.1) is 11.3 Å². The van der Waals surface area contributed by atoms with Crippen molar-refractivity contribution in [2.75, 3.05) is 18.6 Å². The molecule has 1 saturated carbocycles. The molecule has 0 aromatic rings. The van der Waals surface area contributed by atoms with E-state index in [1.807, 2.05) is 0 Å². The molecule has 0 spiro atoms. The Morgan fingerprint density at radius 1 is 1.62 bits per heavy atom. The van der Waals surface area contributed by atoms with Gasteiger partial charge in [-0.3, -0.25) is 4.79 Å². The summed E-state index contributed by atoms with van der Waals surface area (Å²) in [6.07, 6.45) is 1.32. The number of rotatable bonds is 4. The van der Waals surface area contributed by atoms with Crippen molar-refractivity contribution in [1.82, 2.24) is 0 Å². The minimum Gasteiger partial charge on any atom is -0.481 e. The molecule has 13 heavy (non-hydrogen) atoms. The van der Waals surface area contributed by atoms with Crippen LogP contribution in [0.25, 0.3) is 0 Å². The SMILES string of the molecule is CS(=O)(=O)C[C@@H]1C[C@@]1(CO)C(=O)O. The molecular formula is C7H12O5S. The summed E-state index contributed by atoms with van der Waals surface area (Å²) in [5, 5.41) is 17.5. The average Bonchev–Trinajstić information content (AvgIpc) is 2.60. The molecule has 2 atom stereocenters. The Balaban J connectivity index is 2.67. The number of carboxylic acids is 1. The number of aliphatic hydroxyl groups is 1. The van der Waals surface area contributed by atoms with Crippen LogP contribution in [0.4, 0.5) is 0 Å². The second-order valence-corrected chi connectivity index (χ2v) is 5.80. The van der Waals surface area contributed by atoms with Crippen LogP contribution in [0.15, 0.2) is 0 Å². The summed E-state index contributed by atoms with van der Waals surface area (Å²) in [7, 11) is -3.15. The standard InChI is InChI=1S/C7H12O5S/c1-13(11,12)3-5-2-7(5,4-8)6(9)10/h5,8H,2-4H2,1H3,(H,9,10)/t5-,7-/m0/s1. The van der Waals surface area contributed by atoms with Gasteiger partial charge in [-0.15, -0.1) is 0 Å². The van der Waals surface area contributed by atoms with Gasteiger partial charge in [-0.25, -0.2) is 8.42 Å². The Hall–Kier alpha value is -0.620. The lowest BCUT2D eigenvalue weighted by molar-refractivity contribution is -0.145. The van der Waals surface area contributed by atoms with Crippen molar-refractivity contribution in [3.63, 3.8) is 0 Å². The van der Waals surface area contributed by atoms with Crippen molar-refractivity contribution in [3.8, 4) is 0 Å². The highest BCUT2D eigenvalue weighted by atomic mass is 32.2. The van der Waals surface area contributed by atoms with Gasteiger partial charge >= 0.3 is 5.97 Å². The van der Waals surface area contributed by atoms with Gasteiger partial charge in [0.2, 0.25) is 0 Å². The van der Waals surface area contributed by atoms with Gasteiger partial charge in [0.15, 0.2) is 0 Å². The largest absolute Gasteiger partial charge is 0.481 e. The van der Waals surface area contributed by atoms with Crippen LogP contribution >= 0.6 is 0 Å².